The Kier molecular flexibility index (Phi) is 1.94. The highest BCUT2D eigenvalue weighted by atomic mass is 16.2. The second-order valence-corrected chi connectivity index (χ2v) is 4.59. The van der Waals surface area contributed by atoms with Crippen molar-refractivity contribution in [1.29, 1.82) is 0 Å². The minimum atomic E-state index is 0.0649. The van der Waals surface area contributed by atoms with Gasteiger partial charge in [0.25, 0.3) is 0 Å². The van der Waals surface area contributed by atoms with Crippen LogP contribution in [0, 0.1) is 11.3 Å². The van der Waals surface area contributed by atoms with E-state index in [2.05, 4.69) is 11.9 Å². The van der Waals surface area contributed by atoms with E-state index >= 15 is 0 Å². The molecule has 0 aliphatic heterocycles. The topological polar surface area (TPSA) is 29.1 Å². The molecule has 0 radical (unpaired) electrons. The molecular weight excluding hydrogens is 162 g/mol. The van der Waals surface area contributed by atoms with Crippen LogP contribution >= 0.6 is 0 Å². The Balaban J connectivity index is 1.88. The van der Waals surface area contributed by atoms with Gasteiger partial charge in [0.1, 0.15) is 0 Å². The van der Waals surface area contributed by atoms with Gasteiger partial charge in [-0.2, -0.15) is 0 Å². The normalized spacial score (nSPS) is 35.3. The lowest BCUT2D eigenvalue weighted by atomic mass is 10.0. The lowest BCUT2D eigenvalue weighted by molar-refractivity contribution is -0.126. The summed E-state index contributed by atoms with van der Waals surface area (Å²) in [5.74, 6) is 0.982. The van der Waals surface area contributed by atoms with Crippen LogP contribution < -0.4 is 5.32 Å². The van der Waals surface area contributed by atoms with Gasteiger partial charge in [-0.1, -0.05) is 18.6 Å². The Bertz CT molecular complexity index is 259. The number of amides is 1. The van der Waals surface area contributed by atoms with E-state index in [1.165, 1.54) is 12.8 Å². The SMILES string of the molecule is C=C(C)CNC(=O)C12CCCC1C2. The van der Waals surface area contributed by atoms with Crippen molar-refractivity contribution < 1.29 is 4.79 Å². The molecule has 2 atom stereocenters. The molecule has 0 heterocycles. The van der Waals surface area contributed by atoms with E-state index in [4.69, 9.17) is 0 Å². The summed E-state index contributed by atoms with van der Waals surface area (Å²) < 4.78 is 0. The van der Waals surface area contributed by atoms with Gasteiger partial charge in [-0.25, -0.2) is 0 Å². The third-order valence-electron chi connectivity index (χ3n) is 3.41. The van der Waals surface area contributed by atoms with Gasteiger partial charge < -0.3 is 5.32 Å². The fourth-order valence-electron chi connectivity index (χ4n) is 2.53. The van der Waals surface area contributed by atoms with Crippen molar-refractivity contribution in [3.8, 4) is 0 Å². The predicted octanol–water partition coefficient (Wildman–Crippen LogP) is 1.87. The second kappa shape index (κ2) is 2.86. The Labute approximate surface area is 79.4 Å². The average molecular weight is 179 g/mol. The maximum atomic E-state index is 11.8. The number of carbonyl (C=O) groups is 1. The standard InChI is InChI=1S/C11H17NO/c1-8(2)7-12-10(13)11-5-3-4-9(11)6-11/h9H,1,3-7H2,2H3,(H,12,13). The maximum Gasteiger partial charge on any atom is 0.226 e. The molecule has 1 N–H and O–H groups in total. The average Bonchev–Trinajstić information content (AvgIpc) is 2.66. The summed E-state index contributed by atoms with van der Waals surface area (Å²) in [5, 5.41) is 2.97. The molecule has 13 heavy (non-hydrogen) atoms. The first-order valence-corrected chi connectivity index (χ1v) is 5.08. The van der Waals surface area contributed by atoms with Crippen molar-refractivity contribution >= 4 is 5.91 Å². The van der Waals surface area contributed by atoms with Crippen molar-refractivity contribution in [3.63, 3.8) is 0 Å². The van der Waals surface area contributed by atoms with Crippen LogP contribution in [0.2, 0.25) is 0 Å². The molecule has 2 aliphatic carbocycles. The molecule has 0 aromatic rings. The van der Waals surface area contributed by atoms with Gasteiger partial charge in [-0.05, 0) is 32.1 Å². The van der Waals surface area contributed by atoms with E-state index in [1.807, 2.05) is 6.92 Å². The lowest BCUT2D eigenvalue weighted by Crippen LogP contribution is -2.32. The van der Waals surface area contributed by atoms with Gasteiger partial charge >= 0.3 is 0 Å². The van der Waals surface area contributed by atoms with E-state index < -0.39 is 0 Å². The fraction of sp³-hybridized carbons (Fsp3) is 0.727. The Morgan fingerprint density at radius 2 is 2.46 bits per heavy atom. The van der Waals surface area contributed by atoms with E-state index in [9.17, 15) is 4.79 Å². The first kappa shape index (κ1) is 8.79. The minimum Gasteiger partial charge on any atom is -0.352 e. The molecule has 2 nitrogen and oxygen atoms in total. The van der Waals surface area contributed by atoms with Crippen LogP contribution in [0.4, 0.5) is 0 Å². The molecule has 0 spiro atoms. The minimum absolute atomic E-state index is 0.0649. The Morgan fingerprint density at radius 3 is 2.92 bits per heavy atom. The van der Waals surface area contributed by atoms with Gasteiger partial charge in [0.2, 0.25) is 5.91 Å². The number of carbonyl (C=O) groups excluding carboxylic acids is 1. The zero-order chi connectivity index (χ0) is 9.47. The first-order chi connectivity index (χ1) is 6.15. The van der Waals surface area contributed by atoms with Crippen molar-refractivity contribution in [2.45, 2.75) is 32.6 Å². The van der Waals surface area contributed by atoms with Gasteiger partial charge in [0, 0.05) is 6.54 Å². The summed E-state index contributed by atoms with van der Waals surface area (Å²) in [5.41, 5.74) is 1.09. The largest absolute Gasteiger partial charge is 0.352 e. The molecule has 2 unspecified atom stereocenters. The van der Waals surface area contributed by atoms with Crippen LogP contribution in [0.3, 0.4) is 0 Å². The molecule has 0 aromatic carbocycles. The third-order valence-corrected chi connectivity index (χ3v) is 3.41. The zero-order valence-electron chi connectivity index (χ0n) is 8.23. The lowest BCUT2D eigenvalue weighted by Gasteiger charge is -2.12. The van der Waals surface area contributed by atoms with Crippen molar-refractivity contribution in [3.05, 3.63) is 12.2 Å². The van der Waals surface area contributed by atoms with Crippen molar-refractivity contribution in [2.75, 3.05) is 6.54 Å². The van der Waals surface area contributed by atoms with E-state index in [0.717, 1.165) is 18.4 Å². The van der Waals surface area contributed by atoms with Crippen LogP contribution in [0.5, 0.6) is 0 Å². The van der Waals surface area contributed by atoms with Crippen LogP contribution in [0.25, 0.3) is 0 Å². The summed E-state index contributed by atoms with van der Waals surface area (Å²) in [6.07, 6.45) is 4.75. The molecule has 0 bridgehead atoms. The smallest absolute Gasteiger partial charge is 0.226 e. The summed E-state index contributed by atoms with van der Waals surface area (Å²) >= 11 is 0. The second-order valence-electron chi connectivity index (χ2n) is 4.59. The fourth-order valence-corrected chi connectivity index (χ4v) is 2.53. The van der Waals surface area contributed by atoms with Crippen molar-refractivity contribution in [2.24, 2.45) is 11.3 Å². The van der Waals surface area contributed by atoms with E-state index in [1.54, 1.807) is 0 Å². The molecule has 0 saturated heterocycles. The number of fused-ring (bicyclic) bond motifs is 1. The van der Waals surface area contributed by atoms with Gasteiger partial charge in [0.15, 0.2) is 0 Å². The monoisotopic (exact) mass is 179 g/mol. The molecule has 2 saturated carbocycles. The molecule has 2 fully saturated rings. The van der Waals surface area contributed by atoms with Crippen LogP contribution in [0.1, 0.15) is 32.6 Å². The van der Waals surface area contributed by atoms with E-state index in [0.29, 0.717) is 12.5 Å². The molecule has 2 aliphatic rings. The third kappa shape index (κ3) is 1.38. The van der Waals surface area contributed by atoms with E-state index in [-0.39, 0.29) is 11.3 Å². The highest BCUT2D eigenvalue weighted by Gasteiger charge is 2.61. The Hall–Kier alpha value is -0.790. The van der Waals surface area contributed by atoms with Gasteiger partial charge in [0.05, 0.1) is 5.41 Å². The summed E-state index contributed by atoms with van der Waals surface area (Å²) in [6.45, 7) is 6.36. The first-order valence-electron chi connectivity index (χ1n) is 5.08. The number of rotatable bonds is 3. The molecule has 0 aromatic heterocycles. The maximum absolute atomic E-state index is 11.8. The highest BCUT2D eigenvalue weighted by molar-refractivity contribution is 5.86. The quantitative estimate of drug-likeness (QED) is 0.658. The van der Waals surface area contributed by atoms with Gasteiger partial charge in [-0.3, -0.25) is 4.79 Å². The number of hydrogen-bond donors (Lipinski definition) is 1. The Morgan fingerprint density at radius 1 is 1.69 bits per heavy atom. The van der Waals surface area contributed by atoms with Crippen LogP contribution in [-0.4, -0.2) is 12.5 Å². The molecule has 72 valence electrons. The summed E-state index contributed by atoms with van der Waals surface area (Å²) in [4.78, 5) is 11.8. The zero-order valence-corrected chi connectivity index (χ0v) is 8.23. The van der Waals surface area contributed by atoms with Crippen LogP contribution in [0.15, 0.2) is 12.2 Å². The van der Waals surface area contributed by atoms with Gasteiger partial charge in [-0.15, -0.1) is 0 Å². The highest BCUT2D eigenvalue weighted by Crippen LogP contribution is 2.63. The van der Waals surface area contributed by atoms with Crippen molar-refractivity contribution in [1.82, 2.24) is 5.32 Å². The molecule has 1 amide bonds. The summed E-state index contributed by atoms with van der Waals surface area (Å²) in [7, 11) is 0. The summed E-state index contributed by atoms with van der Waals surface area (Å²) in [6, 6.07) is 0. The van der Waals surface area contributed by atoms with Crippen LogP contribution in [-0.2, 0) is 4.79 Å². The number of nitrogens with one attached hydrogen (secondary N) is 1. The molecular formula is C11H17NO. The molecule has 2 heteroatoms. The molecule has 2 rings (SSSR count). The number of hydrogen-bond acceptors (Lipinski definition) is 1. The predicted molar refractivity (Wildman–Crippen MR) is 52.2 cm³/mol.